The summed E-state index contributed by atoms with van der Waals surface area (Å²) < 4.78 is 2.98. The zero-order chi connectivity index (χ0) is 30.6. The van der Waals surface area contributed by atoms with Gasteiger partial charge in [-0.2, -0.15) is 0 Å². The normalized spacial score (nSPS) is 13.4. The second kappa shape index (κ2) is 12.5. The van der Waals surface area contributed by atoms with Crippen molar-refractivity contribution < 1.29 is 4.79 Å². The van der Waals surface area contributed by atoms with Crippen LogP contribution in [0.25, 0.3) is 0 Å². The van der Waals surface area contributed by atoms with Crippen molar-refractivity contribution in [3.8, 4) is 0 Å². The van der Waals surface area contributed by atoms with E-state index in [4.69, 9.17) is 0 Å². The van der Waals surface area contributed by atoms with Crippen LogP contribution in [0.3, 0.4) is 0 Å². The molecule has 7 rings (SSSR count). The zero-order valence-electron chi connectivity index (χ0n) is 24.6. The van der Waals surface area contributed by atoms with E-state index in [2.05, 4.69) is 116 Å². The van der Waals surface area contributed by atoms with Crippen molar-refractivity contribution in [1.82, 2.24) is 20.2 Å². The molecule has 0 spiro atoms. The number of rotatable bonds is 9. The van der Waals surface area contributed by atoms with Crippen molar-refractivity contribution in [2.24, 2.45) is 0 Å². The molecule has 8 heteroatoms. The average molecular weight is 656 g/mol. The summed E-state index contributed by atoms with van der Waals surface area (Å²) in [6, 6.07) is 47.4. The number of benzene rings is 5. The lowest BCUT2D eigenvalue weighted by molar-refractivity contribution is 0.256. The Hall–Kier alpha value is -5.08. The van der Waals surface area contributed by atoms with Crippen molar-refractivity contribution in [2.45, 2.75) is 18.4 Å². The highest BCUT2D eigenvalue weighted by atomic mass is 79.9. The molecule has 222 valence electrons. The first-order valence-electron chi connectivity index (χ1n) is 15.0. The highest BCUT2D eigenvalue weighted by Crippen LogP contribution is 2.40. The van der Waals surface area contributed by atoms with Crippen LogP contribution in [0, 0.1) is 0 Å². The molecule has 1 aromatic heterocycles. The molecule has 2 heterocycles. The summed E-state index contributed by atoms with van der Waals surface area (Å²) in [5.41, 5.74) is 5.41. The molecule has 0 radical (unpaired) electrons. The van der Waals surface area contributed by atoms with E-state index in [0.717, 1.165) is 50.3 Å². The first kappa shape index (κ1) is 28.7. The molecule has 0 saturated carbocycles. The second-order valence-electron chi connectivity index (χ2n) is 11.0. The van der Waals surface area contributed by atoms with Crippen LogP contribution >= 0.6 is 15.9 Å². The van der Waals surface area contributed by atoms with Gasteiger partial charge in [0.05, 0.1) is 0 Å². The van der Waals surface area contributed by atoms with E-state index in [-0.39, 0.29) is 6.03 Å². The van der Waals surface area contributed by atoms with E-state index < -0.39 is 5.54 Å². The molecular weight excluding hydrogens is 624 g/mol. The Morgan fingerprint density at radius 1 is 0.600 bits per heavy atom. The predicted molar refractivity (Wildman–Crippen MR) is 181 cm³/mol. The molecular formula is C37H31BrN6O. The minimum absolute atomic E-state index is 0.0108. The van der Waals surface area contributed by atoms with Gasteiger partial charge < -0.3 is 0 Å². The number of carbonyl (C=O) groups is 1. The lowest BCUT2D eigenvalue weighted by Crippen LogP contribution is -2.40. The van der Waals surface area contributed by atoms with Crippen molar-refractivity contribution in [3.63, 3.8) is 0 Å². The third-order valence-corrected chi connectivity index (χ3v) is 8.99. The Labute approximate surface area is 270 Å². The van der Waals surface area contributed by atoms with E-state index >= 15 is 0 Å². The van der Waals surface area contributed by atoms with Gasteiger partial charge in [-0.3, -0.25) is 9.80 Å². The summed E-state index contributed by atoms with van der Waals surface area (Å²) in [6.07, 6.45) is 1.38. The number of urea groups is 1. The summed E-state index contributed by atoms with van der Waals surface area (Å²) in [4.78, 5) is 16.9. The number of tetrazole rings is 1. The number of aryl methyl sites for hydroxylation is 2. The Kier molecular flexibility index (Phi) is 7.96. The highest BCUT2D eigenvalue weighted by Gasteiger charge is 2.41. The Morgan fingerprint density at radius 3 is 1.56 bits per heavy atom. The Balaban J connectivity index is 1.16. The Morgan fingerprint density at radius 2 is 1.07 bits per heavy atom. The van der Waals surface area contributed by atoms with Gasteiger partial charge >= 0.3 is 6.03 Å². The van der Waals surface area contributed by atoms with Gasteiger partial charge in [-0.1, -0.05) is 119 Å². The van der Waals surface area contributed by atoms with Gasteiger partial charge in [-0.25, -0.2) is 9.48 Å². The molecule has 1 saturated heterocycles. The molecule has 1 aliphatic heterocycles. The fraction of sp³-hybridized carbons (Fsp3) is 0.135. The van der Waals surface area contributed by atoms with Crippen LogP contribution in [0.1, 0.15) is 28.1 Å². The number of nitrogens with zero attached hydrogens (tertiary/aromatic N) is 6. The van der Waals surface area contributed by atoms with E-state index in [1.54, 1.807) is 0 Å². The van der Waals surface area contributed by atoms with Crippen molar-refractivity contribution in [1.29, 1.82) is 0 Å². The Bertz CT molecular complexity index is 1780. The van der Waals surface area contributed by atoms with E-state index in [9.17, 15) is 4.79 Å². The number of hydrogen-bond acceptors (Lipinski definition) is 4. The maximum Gasteiger partial charge on any atom is 0.329 e. The van der Waals surface area contributed by atoms with Crippen LogP contribution in [0.5, 0.6) is 0 Å². The smallest absolute Gasteiger partial charge is 0.292 e. The number of carbonyl (C=O) groups excluding carboxylic acids is 1. The van der Waals surface area contributed by atoms with Gasteiger partial charge in [0.25, 0.3) is 0 Å². The maximum atomic E-state index is 13.3. The molecule has 0 N–H and O–H groups in total. The number of hydrogen-bond donors (Lipinski definition) is 0. The molecule has 0 aliphatic carbocycles. The monoisotopic (exact) mass is 654 g/mol. The first-order chi connectivity index (χ1) is 22.1. The number of aromatic nitrogens is 4. The van der Waals surface area contributed by atoms with E-state index in [1.165, 1.54) is 0 Å². The molecule has 6 aromatic rings. The first-order valence-corrected chi connectivity index (χ1v) is 15.8. The molecule has 0 bridgehead atoms. The van der Waals surface area contributed by atoms with Gasteiger partial charge in [-0.15, -0.1) is 5.10 Å². The molecule has 5 aromatic carbocycles. The average Bonchev–Trinajstić information content (AvgIpc) is 3.73. The molecule has 0 unspecified atom stereocenters. The quantitative estimate of drug-likeness (QED) is 0.151. The summed E-state index contributed by atoms with van der Waals surface area (Å²) >= 11 is 3.47. The number of anilines is 2. The molecule has 1 aliphatic rings. The lowest BCUT2D eigenvalue weighted by atomic mass is 9.77. The molecule has 7 nitrogen and oxygen atoms in total. The van der Waals surface area contributed by atoms with Crippen LogP contribution < -0.4 is 9.80 Å². The highest BCUT2D eigenvalue weighted by molar-refractivity contribution is 9.10. The van der Waals surface area contributed by atoms with Crippen molar-refractivity contribution in [3.05, 3.63) is 172 Å². The van der Waals surface area contributed by atoms with Crippen LogP contribution in [0.15, 0.2) is 144 Å². The molecule has 0 atom stereocenters. The summed E-state index contributed by atoms with van der Waals surface area (Å²) in [7, 11) is 0. The fourth-order valence-corrected chi connectivity index (χ4v) is 6.53. The van der Waals surface area contributed by atoms with Gasteiger partial charge in [-0.05, 0) is 75.5 Å². The SMILES string of the molecule is O=C1N(c2ccc(Br)cc2)CCN1c1ccc(CCc2nnnn2C(c2ccccc2)(c2ccccc2)c2ccccc2)cc1. The fourth-order valence-electron chi connectivity index (χ4n) is 6.26. The van der Waals surface area contributed by atoms with Gasteiger partial charge in [0, 0.05) is 35.4 Å². The third-order valence-electron chi connectivity index (χ3n) is 8.46. The molecule has 1 fully saturated rings. The molecule has 2 amide bonds. The topological polar surface area (TPSA) is 67.2 Å². The standard InChI is InChI=1S/C37H31BrN6O/c38-32-19-23-34(24-20-32)43-27-26-42(36(43)45)33-21-16-28(17-22-33)18-25-35-39-40-41-44(35)37(29-10-4-1-5-11-29,30-12-6-2-7-13-30)31-14-8-3-9-15-31/h1-17,19-24H,18,25-27H2. The summed E-state index contributed by atoms with van der Waals surface area (Å²) in [5, 5.41) is 13.4. The maximum absolute atomic E-state index is 13.3. The minimum Gasteiger partial charge on any atom is -0.292 e. The van der Waals surface area contributed by atoms with Gasteiger partial charge in [0.15, 0.2) is 5.82 Å². The second-order valence-corrected chi connectivity index (χ2v) is 12.0. The van der Waals surface area contributed by atoms with Gasteiger partial charge in [0.1, 0.15) is 5.54 Å². The lowest BCUT2D eigenvalue weighted by Gasteiger charge is -2.36. The van der Waals surface area contributed by atoms with Crippen molar-refractivity contribution >= 4 is 33.3 Å². The summed E-state index contributed by atoms with van der Waals surface area (Å²) in [6.45, 7) is 1.29. The summed E-state index contributed by atoms with van der Waals surface area (Å²) in [5.74, 6) is 0.787. The minimum atomic E-state index is -0.761. The molecule has 45 heavy (non-hydrogen) atoms. The predicted octanol–water partition coefficient (Wildman–Crippen LogP) is 7.51. The van der Waals surface area contributed by atoms with Crippen molar-refractivity contribution in [2.75, 3.05) is 22.9 Å². The largest absolute Gasteiger partial charge is 0.329 e. The van der Waals surface area contributed by atoms with Crippen LogP contribution in [-0.2, 0) is 18.4 Å². The number of halogens is 1. The van der Waals surface area contributed by atoms with Crippen LogP contribution in [-0.4, -0.2) is 39.3 Å². The third kappa shape index (κ3) is 5.42. The van der Waals surface area contributed by atoms with E-state index in [1.807, 2.05) is 69.1 Å². The van der Waals surface area contributed by atoms with Gasteiger partial charge in [0.2, 0.25) is 0 Å². The van der Waals surface area contributed by atoms with Crippen LogP contribution in [0.4, 0.5) is 16.2 Å². The number of amides is 2. The van der Waals surface area contributed by atoms with E-state index in [0.29, 0.717) is 19.5 Å². The zero-order valence-corrected chi connectivity index (χ0v) is 26.2. The van der Waals surface area contributed by atoms with Crippen LogP contribution in [0.2, 0.25) is 0 Å².